The van der Waals surface area contributed by atoms with Crippen LogP contribution in [0, 0.1) is 5.41 Å². The molecule has 1 unspecified atom stereocenters. The fraction of sp³-hybridized carbons (Fsp3) is 0.571. The molecule has 112 valence electrons. The van der Waals surface area contributed by atoms with E-state index in [1.165, 1.54) is 7.05 Å². The third kappa shape index (κ3) is 3.38. The van der Waals surface area contributed by atoms with Crippen molar-refractivity contribution in [2.75, 3.05) is 20.2 Å². The van der Waals surface area contributed by atoms with Gasteiger partial charge in [0, 0.05) is 24.6 Å². The number of hydrogen-bond donors (Lipinski definition) is 3. The number of rotatable bonds is 7. The fourth-order valence-electron chi connectivity index (χ4n) is 2.12. The summed E-state index contributed by atoms with van der Waals surface area (Å²) in [6.45, 7) is 2.97. The van der Waals surface area contributed by atoms with Crippen molar-refractivity contribution in [1.82, 2.24) is 10.0 Å². The van der Waals surface area contributed by atoms with Crippen LogP contribution in [0.25, 0.3) is 0 Å². The molecule has 1 fully saturated rings. The second-order valence-electron chi connectivity index (χ2n) is 5.54. The van der Waals surface area contributed by atoms with Gasteiger partial charge in [-0.15, -0.1) is 0 Å². The highest BCUT2D eigenvalue weighted by atomic mass is 32.2. The van der Waals surface area contributed by atoms with Crippen LogP contribution >= 0.6 is 0 Å². The van der Waals surface area contributed by atoms with Crippen molar-refractivity contribution in [2.24, 2.45) is 5.41 Å². The maximum absolute atomic E-state index is 11.8. The molecule has 1 aliphatic carbocycles. The maximum Gasteiger partial charge on any atom is 0.240 e. The zero-order valence-corrected chi connectivity index (χ0v) is 12.7. The fourth-order valence-corrected chi connectivity index (χ4v) is 2.91. The van der Waals surface area contributed by atoms with Crippen LogP contribution in [0.5, 0.6) is 0 Å². The van der Waals surface area contributed by atoms with Crippen molar-refractivity contribution in [2.45, 2.75) is 30.7 Å². The lowest BCUT2D eigenvalue weighted by atomic mass is 10.1. The first-order valence-electron chi connectivity index (χ1n) is 6.80. The molecule has 0 saturated heterocycles. The Hall–Kier alpha value is -0.950. The lowest BCUT2D eigenvalue weighted by Gasteiger charge is -2.19. The summed E-state index contributed by atoms with van der Waals surface area (Å²) in [7, 11) is -2.00. The molecule has 0 spiro atoms. The molecule has 0 aromatic heterocycles. The number of aliphatic hydroxyl groups is 1. The average molecular weight is 298 g/mol. The average Bonchev–Trinajstić information content (AvgIpc) is 3.25. The van der Waals surface area contributed by atoms with Crippen molar-refractivity contribution in [1.29, 1.82) is 0 Å². The number of hydrogen-bond acceptors (Lipinski definition) is 4. The zero-order valence-electron chi connectivity index (χ0n) is 11.9. The van der Waals surface area contributed by atoms with Crippen LogP contribution in [0.1, 0.15) is 31.4 Å². The number of benzene rings is 1. The first kappa shape index (κ1) is 15.4. The SMILES string of the molecule is CNS(=O)(=O)c1cccc(C(C)NCC2(CO)CC2)c1. The molecule has 0 amide bonds. The molecule has 1 saturated carbocycles. The van der Waals surface area contributed by atoms with Crippen LogP contribution in [0.4, 0.5) is 0 Å². The first-order chi connectivity index (χ1) is 9.42. The van der Waals surface area contributed by atoms with Crippen LogP contribution in [0.2, 0.25) is 0 Å². The minimum absolute atomic E-state index is 0.0446. The Labute approximate surface area is 120 Å². The Kier molecular flexibility index (Phi) is 4.49. The Balaban J connectivity index is 2.07. The summed E-state index contributed by atoms with van der Waals surface area (Å²) in [4.78, 5) is 0.273. The van der Waals surface area contributed by atoms with Crippen LogP contribution < -0.4 is 10.0 Å². The minimum Gasteiger partial charge on any atom is -0.396 e. The molecule has 0 bridgehead atoms. The quantitative estimate of drug-likeness (QED) is 0.702. The largest absolute Gasteiger partial charge is 0.396 e. The Morgan fingerprint density at radius 3 is 2.65 bits per heavy atom. The summed E-state index contributed by atoms with van der Waals surface area (Å²) >= 11 is 0. The van der Waals surface area contributed by atoms with Crippen LogP contribution in [0.3, 0.4) is 0 Å². The number of nitrogens with one attached hydrogen (secondary N) is 2. The molecule has 0 aliphatic heterocycles. The number of sulfonamides is 1. The van der Waals surface area contributed by atoms with Gasteiger partial charge in [0.25, 0.3) is 0 Å². The van der Waals surface area contributed by atoms with Gasteiger partial charge >= 0.3 is 0 Å². The molecule has 5 nitrogen and oxygen atoms in total. The highest BCUT2D eigenvalue weighted by Gasteiger charge is 2.41. The molecule has 0 radical (unpaired) electrons. The second-order valence-corrected chi connectivity index (χ2v) is 7.43. The summed E-state index contributed by atoms with van der Waals surface area (Å²) in [5, 5.41) is 12.7. The lowest BCUT2D eigenvalue weighted by molar-refractivity contribution is 0.204. The molecule has 6 heteroatoms. The standard InChI is InChI=1S/C14H22N2O3S/c1-11(16-9-14(10-17)6-7-14)12-4-3-5-13(8-12)20(18,19)15-2/h3-5,8,11,15-17H,6-7,9-10H2,1-2H3. The monoisotopic (exact) mass is 298 g/mol. The Morgan fingerprint density at radius 2 is 2.10 bits per heavy atom. The summed E-state index contributed by atoms with van der Waals surface area (Å²) in [6.07, 6.45) is 2.11. The van der Waals surface area contributed by atoms with Crippen molar-refractivity contribution < 1.29 is 13.5 Å². The van der Waals surface area contributed by atoms with E-state index in [1.54, 1.807) is 18.2 Å². The van der Waals surface area contributed by atoms with Crippen molar-refractivity contribution in [3.8, 4) is 0 Å². The van der Waals surface area contributed by atoms with E-state index < -0.39 is 10.0 Å². The van der Waals surface area contributed by atoms with E-state index in [4.69, 9.17) is 0 Å². The van der Waals surface area contributed by atoms with E-state index in [1.807, 2.05) is 13.0 Å². The molecule has 20 heavy (non-hydrogen) atoms. The predicted molar refractivity (Wildman–Crippen MR) is 77.9 cm³/mol. The van der Waals surface area contributed by atoms with E-state index in [2.05, 4.69) is 10.0 Å². The van der Waals surface area contributed by atoms with Crippen LogP contribution in [-0.4, -0.2) is 33.7 Å². The normalized spacial score (nSPS) is 18.8. The summed E-state index contributed by atoms with van der Waals surface area (Å²) in [6, 6.07) is 6.97. The summed E-state index contributed by atoms with van der Waals surface area (Å²) < 4.78 is 25.9. The van der Waals surface area contributed by atoms with E-state index in [9.17, 15) is 13.5 Å². The molecular weight excluding hydrogens is 276 g/mol. The topological polar surface area (TPSA) is 78.4 Å². The van der Waals surface area contributed by atoms with Crippen molar-refractivity contribution in [3.63, 3.8) is 0 Å². The van der Waals surface area contributed by atoms with Crippen LogP contribution in [0.15, 0.2) is 29.2 Å². The third-order valence-corrected chi connectivity index (χ3v) is 5.42. The highest BCUT2D eigenvalue weighted by Crippen LogP contribution is 2.44. The zero-order chi connectivity index (χ0) is 14.8. The van der Waals surface area contributed by atoms with E-state index in [-0.39, 0.29) is 23.0 Å². The minimum atomic E-state index is -3.41. The smallest absolute Gasteiger partial charge is 0.240 e. The molecular formula is C14H22N2O3S. The Morgan fingerprint density at radius 1 is 1.40 bits per heavy atom. The highest BCUT2D eigenvalue weighted by molar-refractivity contribution is 7.89. The van der Waals surface area contributed by atoms with E-state index >= 15 is 0 Å². The molecule has 1 atom stereocenters. The second kappa shape index (κ2) is 5.81. The van der Waals surface area contributed by atoms with Gasteiger partial charge in [0.2, 0.25) is 10.0 Å². The van der Waals surface area contributed by atoms with Gasteiger partial charge in [-0.2, -0.15) is 0 Å². The van der Waals surface area contributed by atoms with Gasteiger partial charge in [0.05, 0.1) is 4.90 Å². The van der Waals surface area contributed by atoms with Gasteiger partial charge in [0.15, 0.2) is 0 Å². The van der Waals surface area contributed by atoms with Gasteiger partial charge in [-0.25, -0.2) is 13.1 Å². The van der Waals surface area contributed by atoms with Crippen molar-refractivity contribution >= 4 is 10.0 Å². The molecule has 1 aliphatic rings. The Bertz CT molecular complexity index is 568. The first-order valence-corrected chi connectivity index (χ1v) is 8.28. The van der Waals surface area contributed by atoms with Gasteiger partial charge in [-0.1, -0.05) is 12.1 Å². The van der Waals surface area contributed by atoms with E-state index in [0.717, 1.165) is 24.9 Å². The third-order valence-electron chi connectivity index (χ3n) is 4.01. The lowest BCUT2D eigenvalue weighted by Crippen LogP contribution is -2.29. The van der Waals surface area contributed by atoms with Gasteiger partial charge < -0.3 is 10.4 Å². The van der Waals surface area contributed by atoms with Gasteiger partial charge in [-0.3, -0.25) is 0 Å². The maximum atomic E-state index is 11.8. The summed E-state index contributed by atoms with van der Waals surface area (Å²) in [5.74, 6) is 0. The molecule has 1 aromatic carbocycles. The van der Waals surface area contributed by atoms with Crippen molar-refractivity contribution in [3.05, 3.63) is 29.8 Å². The molecule has 3 N–H and O–H groups in total. The molecule has 1 aromatic rings. The molecule has 2 rings (SSSR count). The molecule has 0 heterocycles. The van der Waals surface area contributed by atoms with Gasteiger partial charge in [-0.05, 0) is 44.5 Å². The number of aliphatic hydroxyl groups excluding tert-OH is 1. The summed E-state index contributed by atoms with van der Waals surface area (Å²) in [5.41, 5.74) is 0.971. The van der Waals surface area contributed by atoms with E-state index in [0.29, 0.717) is 0 Å². The van der Waals surface area contributed by atoms with Gasteiger partial charge in [0.1, 0.15) is 0 Å². The van der Waals surface area contributed by atoms with Crippen LogP contribution in [-0.2, 0) is 10.0 Å². The predicted octanol–water partition coefficient (Wildman–Crippen LogP) is 1.02.